The first-order valence-corrected chi connectivity index (χ1v) is 17.0. The number of imidazole rings is 1. The fraction of sp³-hybridized carbons (Fsp3) is 0.571. The van der Waals surface area contributed by atoms with E-state index in [1.165, 1.54) is 17.7 Å². The normalized spacial score (nSPS) is 25.0. The summed E-state index contributed by atoms with van der Waals surface area (Å²) < 4.78 is 30.3. The van der Waals surface area contributed by atoms with Crippen LogP contribution in [0, 0.1) is 11.8 Å². The molecule has 2 amide bonds. The quantitative estimate of drug-likeness (QED) is 0.220. The van der Waals surface area contributed by atoms with Gasteiger partial charge in [0.15, 0.2) is 5.96 Å². The Morgan fingerprint density at radius 2 is 1.75 bits per heavy atom. The number of hydrogen-bond acceptors (Lipinski definition) is 8. The summed E-state index contributed by atoms with van der Waals surface area (Å²) in [5.41, 5.74) is 12.9. The first kappa shape index (κ1) is 32.0. The molecule has 0 bridgehead atoms. The fourth-order valence-electron chi connectivity index (χ4n) is 6.47. The van der Waals surface area contributed by atoms with E-state index in [1.807, 2.05) is 4.90 Å². The second-order valence-corrected chi connectivity index (χ2v) is 14.1. The summed E-state index contributed by atoms with van der Waals surface area (Å²) in [6.07, 6.45) is 4.32. The Bertz CT molecular complexity index is 1480. The van der Waals surface area contributed by atoms with E-state index >= 15 is 0 Å². The van der Waals surface area contributed by atoms with Crippen LogP contribution >= 0.6 is 11.6 Å². The Kier molecular flexibility index (Phi) is 9.68. The Morgan fingerprint density at radius 3 is 2.34 bits per heavy atom. The van der Waals surface area contributed by atoms with Crippen molar-refractivity contribution in [2.45, 2.75) is 56.8 Å². The molecule has 2 unspecified atom stereocenters. The number of amides is 2. The lowest BCUT2D eigenvalue weighted by Crippen LogP contribution is -2.44. The molecular weight excluding hydrogens is 610 g/mol. The minimum atomic E-state index is -3.25. The van der Waals surface area contributed by atoms with Gasteiger partial charge in [-0.2, -0.15) is 0 Å². The van der Waals surface area contributed by atoms with E-state index in [1.54, 1.807) is 24.3 Å². The van der Waals surface area contributed by atoms with Gasteiger partial charge < -0.3 is 26.1 Å². The summed E-state index contributed by atoms with van der Waals surface area (Å²) in [7, 11) is -1.96. The van der Waals surface area contributed by atoms with Crippen LogP contribution < -0.4 is 22.1 Å². The Hall–Kier alpha value is -3.40. The van der Waals surface area contributed by atoms with Crippen LogP contribution in [0.2, 0.25) is 5.15 Å². The molecule has 14 nitrogen and oxygen atoms in total. The molecule has 240 valence electrons. The predicted octanol–water partition coefficient (Wildman–Crippen LogP) is 2.21. The number of rotatable bonds is 7. The van der Waals surface area contributed by atoms with Crippen LogP contribution in [0.15, 0.2) is 29.3 Å². The fourth-order valence-corrected chi connectivity index (χ4v) is 7.59. The molecule has 2 saturated heterocycles. The van der Waals surface area contributed by atoms with Gasteiger partial charge in [0.1, 0.15) is 22.8 Å². The topological polar surface area (TPSA) is 201 Å². The number of sulfonamides is 1. The molecule has 3 fully saturated rings. The van der Waals surface area contributed by atoms with Crippen molar-refractivity contribution in [1.29, 1.82) is 0 Å². The van der Waals surface area contributed by atoms with Crippen LogP contribution in [0.3, 0.4) is 0 Å². The van der Waals surface area contributed by atoms with E-state index < -0.39 is 22.3 Å². The maximum Gasteiger partial charge on any atom is 0.411 e. The molecule has 5 rings (SSSR count). The highest BCUT2D eigenvalue weighted by molar-refractivity contribution is 7.88. The zero-order valence-corrected chi connectivity index (χ0v) is 26.4. The number of methoxy groups -OCH3 is 1. The van der Waals surface area contributed by atoms with Gasteiger partial charge in [0.05, 0.1) is 19.4 Å². The van der Waals surface area contributed by atoms with E-state index in [9.17, 15) is 18.0 Å². The molecule has 0 spiro atoms. The number of piperidine rings is 1. The number of aromatic nitrogens is 2. The number of aliphatic imine (C=N–C) groups is 1. The number of carbonyl (C=O) groups excluding carboxylic acids is 2. The van der Waals surface area contributed by atoms with Crippen molar-refractivity contribution in [3.05, 3.63) is 35.2 Å². The van der Waals surface area contributed by atoms with Crippen molar-refractivity contribution in [2.75, 3.05) is 38.3 Å². The Morgan fingerprint density at radius 1 is 1.09 bits per heavy atom. The zero-order valence-electron chi connectivity index (χ0n) is 24.8. The van der Waals surface area contributed by atoms with Gasteiger partial charge >= 0.3 is 6.09 Å². The SMILES string of the molecule is COC(=O)Nc1ccc(-c2nc(C3NC(C4CCN(S(C)(=O)=O)CC4)CN3C(=O)C3CCC(N=C(N)N)CC3)[nH]c2Cl)cc1. The molecule has 1 saturated carbocycles. The van der Waals surface area contributed by atoms with Crippen molar-refractivity contribution in [2.24, 2.45) is 28.3 Å². The van der Waals surface area contributed by atoms with E-state index in [4.69, 9.17) is 28.1 Å². The number of nitrogens with two attached hydrogens (primary N) is 2. The van der Waals surface area contributed by atoms with Crippen molar-refractivity contribution in [3.8, 4) is 11.3 Å². The molecular formula is C28H40ClN9O5S. The molecule has 2 aromatic rings. The number of ether oxygens (including phenoxy) is 1. The highest BCUT2D eigenvalue weighted by Crippen LogP contribution is 2.37. The lowest BCUT2D eigenvalue weighted by Gasteiger charge is -2.33. The minimum absolute atomic E-state index is 0.0185. The van der Waals surface area contributed by atoms with E-state index in [-0.39, 0.29) is 35.8 Å². The number of nitrogens with one attached hydrogen (secondary N) is 3. The second-order valence-electron chi connectivity index (χ2n) is 11.7. The molecule has 3 aliphatic rings. The molecule has 1 aromatic heterocycles. The molecule has 2 aliphatic heterocycles. The lowest BCUT2D eigenvalue weighted by molar-refractivity contribution is -0.138. The molecule has 7 N–H and O–H groups in total. The molecule has 1 aliphatic carbocycles. The number of carbonyl (C=O) groups is 2. The summed E-state index contributed by atoms with van der Waals surface area (Å²) >= 11 is 6.65. The largest absolute Gasteiger partial charge is 0.453 e. The van der Waals surface area contributed by atoms with Gasteiger partial charge in [-0.05, 0) is 56.6 Å². The Labute approximate surface area is 262 Å². The average Bonchev–Trinajstić information content (AvgIpc) is 3.61. The molecule has 2 atom stereocenters. The number of guanidine groups is 1. The van der Waals surface area contributed by atoms with E-state index in [0.29, 0.717) is 67.7 Å². The molecule has 1 aromatic carbocycles. The standard InChI is InChI=1S/C28H40ClN9O5S/c1-43-28(40)33-20-7-3-17(4-8-20)22-23(29)36-24(35-22)25-34-21(16-11-13-37(14-12-16)44(2,41)42)15-38(25)26(39)18-5-9-19(10-6-18)32-27(30)31/h3-4,7-8,16,18-19,21,25,34H,5-6,9-15H2,1-2H3,(H,33,40)(H,35,36)(H4,30,31,32). The third kappa shape index (κ3) is 7.28. The van der Waals surface area contributed by atoms with Gasteiger partial charge in [0.2, 0.25) is 15.9 Å². The van der Waals surface area contributed by atoms with Crippen molar-refractivity contribution in [3.63, 3.8) is 0 Å². The summed E-state index contributed by atoms with van der Waals surface area (Å²) in [5.74, 6) is 0.628. The summed E-state index contributed by atoms with van der Waals surface area (Å²) in [4.78, 5) is 39.7. The van der Waals surface area contributed by atoms with Gasteiger partial charge in [-0.1, -0.05) is 23.7 Å². The van der Waals surface area contributed by atoms with Crippen molar-refractivity contribution in [1.82, 2.24) is 24.5 Å². The number of anilines is 1. The minimum Gasteiger partial charge on any atom is -0.453 e. The number of halogens is 1. The first-order chi connectivity index (χ1) is 20.9. The van der Waals surface area contributed by atoms with E-state index in [2.05, 4.69) is 25.3 Å². The lowest BCUT2D eigenvalue weighted by atomic mass is 9.85. The maximum atomic E-state index is 14.0. The third-order valence-corrected chi connectivity index (χ3v) is 10.4. The molecule has 0 radical (unpaired) electrons. The summed E-state index contributed by atoms with van der Waals surface area (Å²) in [5, 5.41) is 6.57. The van der Waals surface area contributed by atoms with Crippen LogP contribution in [0.1, 0.15) is 50.5 Å². The predicted molar refractivity (Wildman–Crippen MR) is 167 cm³/mol. The second kappa shape index (κ2) is 13.3. The number of nitrogens with zero attached hydrogens (tertiary/aromatic N) is 4. The summed E-state index contributed by atoms with van der Waals surface area (Å²) in [6.45, 7) is 1.38. The number of hydrogen-bond donors (Lipinski definition) is 5. The molecule has 44 heavy (non-hydrogen) atoms. The highest BCUT2D eigenvalue weighted by atomic mass is 35.5. The van der Waals surface area contributed by atoms with E-state index in [0.717, 1.165) is 18.4 Å². The van der Waals surface area contributed by atoms with Crippen LogP contribution in [0.4, 0.5) is 10.5 Å². The monoisotopic (exact) mass is 649 g/mol. The van der Waals surface area contributed by atoms with Gasteiger partial charge in [0.25, 0.3) is 0 Å². The smallest absolute Gasteiger partial charge is 0.411 e. The summed E-state index contributed by atoms with van der Waals surface area (Å²) in [6, 6.07) is 6.99. The third-order valence-electron chi connectivity index (χ3n) is 8.80. The average molecular weight is 650 g/mol. The number of aromatic amines is 1. The van der Waals surface area contributed by atoms with Crippen molar-refractivity contribution >= 4 is 45.3 Å². The number of benzene rings is 1. The maximum absolute atomic E-state index is 14.0. The Balaban J connectivity index is 1.36. The van der Waals surface area contributed by atoms with Gasteiger partial charge in [-0.3, -0.25) is 20.4 Å². The first-order valence-electron chi connectivity index (χ1n) is 14.7. The number of H-pyrrole nitrogens is 1. The highest BCUT2D eigenvalue weighted by Gasteiger charge is 2.44. The molecule has 3 heterocycles. The van der Waals surface area contributed by atoms with Crippen LogP contribution in [0.25, 0.3) is 11.3 Å². The zero-order chi connectivity index (χ0) is 31.6. The van der Waals surface area contributed by atoms with Gasteiger partial charge in [-0.25, -0.2) is 22.5 Å². The van der Waals surface area contributed by atoms with Crippen LogP contribution in [-0.4, -0.2) is 90.6 Å². The molecule has 16 heteroatoms. The van der Waals surface area contributed by atoms with Crippen LogP contribution in [0.5, 0.6) is 0 Å². The van der Waals surface area contributed by atoms with Gasteiger partial charge in [-0.15, -0.1) is 0 Å². The van der Waals surface area contributed by atoms with Crippen molar-refractivity contribution < 1.29 is 22.7 Å². The van der Waals surface area contributed by atoms with Gasteiger partial charge in [0, 0.05) is 42.8 Å². The van der Waals surface area contributed by atoms with Crippen LogP contribution in [-0.2, 0) is 19.6 Å².